The van der Waals surface area contributed by atoms with Crippen molar-refractivity contribution in [1.82, 2.24) is 5.32 Å². The van der Waals surface area contributed by atoms with E-state index in [4.69, 9.17) is 11.6 Å². The fourth-order valence-corrected chi connectivity index (χ4v) is 2.75. The standard InChI is InChI=1S/C14H20ClN3O/c1-2-18-9-3-4-13(18)10-16-14(19)17-12-7-5-11(15)6-8-12/h5-8,13H,2-4,9-10H2,1H3,(H2,16,17,19)/p+1/t13-/m0/s1. The monoisotopic (exact) mass is 282 g/mol. The van der Waals surface area contributed by atoms with E-state index in [2.05, 4.69) is 17.6 Å². The molecule has 104 valence electrons. The van der Waals surface area contributed by atoms with Gasteiger partial charge in [-0.1, -0.05) is 11.6 Å². The molecule has 2 amide bonds. The number of benzene rings is 1. The highest BCUT2D eigenvalue weighted by molar-refractivity contribution is 6.30. The molecule has 19 heavy (non-hydrogen) atoms. The second-order valence-corrected chi connectivity index (χ2v) is 5.38. The summed E-state index contributed by atoms with van der Waals surface area (Å²) in [6.07, 6.45) is 2.46. The predicted octanol–water partition coefficient (Wildman–Crippen LogP) is 1.53. The molecule has 5 heteroatoms. The van der Waals surface area contributed by atoms with Gasteiger partial charge in [0.15, 0.2) is 0 Å². The first-order valence-corrected chi connectivity index (χ1v) is 7.22. The Morgan fingerprint density at radius 1 is 1.42 bits per heavy atom. The maximum Gasteiger partial charge on any atom is 0.319 e. The molecule has 2 atom stereocenters. The fraction of sp³-hybridized carbons (Fsp3) is 0.500. The lowest BCUT2D eigenvalue weighted by atomic mass is 10.2. The van der Waals surface area contributed by atoms with Gasteiger partial charge in [-0.3, -0.25) is 0 Å². The zero-order valence-corrected chi connectivity index (χ0v) is 12.0. The first kappa shape index (κ1) is 14.2. The lowest BCUT2D eigenvalue weighted by Gasteiger charge is -2.20. The molecule has 1 aromatic carbocycles. The number of hydrogen-bond acceptors (Lipinski definition) is 1. The highest BCUT2D eigenvalue weighted by Gasteiger charge is 2.26. The molecular weight excluding hydrogens is 262 g/mol. The molecule has 0 aliphatic carbocycles. The Labute approximate surface area is 119 Å². The van der Waals surface area contributed by atoms with Gasteiger partial charge in [-0.05, 0) is 31.2 Å². The van der Waals surface area contributed by atoms with Crippen molar-refractivity contribution in [2.75, 3.05) is 25.0 Å². The predicted molar refractivity (Wildman–Crippen MR) is 77.9 cm³/mol. The third-order valence-corrected chi connectivity index (χ3v) is 3.95. The number of carbonyl (C=O) groups is 1. The first-order valence-electron chi connectivity index (χ1n) is 6.84. The maximum absolute atomic E-state index is 11.8. The molecule has 1 heterocycles. The molecule has 0 aromatic heterocycles. The van der Waals surface area contributed by atoms with E-state index in [9.17, 15) is 4.79 Å². The van der Waals surface area contributed by atoms with Crippen LogP contribution in [0.2, 0.25) is 5.02 Å². The van der Waals surface area contributed by atoms with Gasteiger partial charge >= 0.3 is 6.03 Å². The minimum atomic E-state index is -0.148. The Balaban J connectivity index is 1.77. The van der Waals surface area contributed by atoms with E-state index in [0.29, 0.717) is 11.1 Å². The van der Waals surface area contributed by atoms with Crippen molar-refractivity contribution >= 4 is 23.3 Å². The average Bonchev–Trinajstić information content (AvgIpc) is 2.86. The lowest BCUT2D eigenvalue weighted by Crippen LogP contribution is -3.14. The molecular formula is C14H21ClN3O+. The molecule has 1 aliphatic heterocycles. The molecule has 1 unspecified atom stereocenters. The van der Waals surface area contributed by atoms with Crippen LogP contribution in [0.5, 0.6) is 0 Å². The van der Waals surface area contributed by atoms with Crippen LogP contribution < -0.4 is 15.5 Å². The van der Waals surface area contributed by atoms with Gasteiger partial charge in [0.2, 0.25) is 0 Å². The quantitative estimate of drug-likeness (QED) is 0.771. The molecule has 0 bridgehead atoms. The topological polar surface area (TPSA) is 45.6 Å². The highest BCUT2D eigenvalue weighted by atomic mass is 35.5. The molecule has 0 spiro atoms. The lowest BCUT2D eigenvalue weighted by molar-refractivity contribution is -0.909. The van der Waals surface area contributed by atoms with Crippen molar-refractivity contribution in [2.45, 2.75) is 25.8 Å². The Morgan fingerprint density at radius 2 is 2.16 bits per heavy atom. The number of urea groups is 1. The van der Waals surface area contributed by atoms with Crippen molar-refractivity contribution in [3.63, 3.8) is 0 Å². The van der Waals surface area contributed by atoms with Crippen LogP contribution in [0.25, 0.3) is 0 Å². The van der Waals surface area contributed by atoms with Gasteiger partial charge in [-0.2, -0.15) is 0 Å². The van der Waals surface area contributed by atoms with Gasteiger partial charge in [-0.25, -0.2) is 4.79 Å². The third-order valence-electron chi connectivity index (χ3n) is 3.69. The van der Waals surface area contributed by atoms with Crippen LogP contribution in [0.4, 0.5) is 10.5 Å². The number of rotatable bonds is 4. The Kier molecular flexibility index (Phi) is 5.05. The van der Waals surface area contributed by atoms with Gasteiger partial charge in [0.25, 0.3) is 0 Å². The molecule has 1 aromatic rings. The number of quaternary nitrogens is 1. The Morgan fingerprint density at radius 3 is 2.84 bits per heavy atom. The van der Waals surface area contributed by atoms with E-state index in [1.807, 2.05) is 0 Å². The number of hydrogen-bond donors (Lipinski definition) is 3. The number of likely N-dealkylation sites (N-methyl/N-ethyl adjacent to an activating group) is 1. The summed E-state index contributed by atoms with van der Waals surface area (Å²) in [5, 5.41) is 6.42. The van der Waals surface area contributed by atoms with Crippen molar-refractivity contribution in [2.24, 2.45) is 0 Å². The minimum absolute atomic E-state index is 0.148. The van der Waals surface area contributed by atoms with E-state index in [0.717, 1.165) is 18.8 Å². The third kappa shape index (κ3) is 4.11. The van der Waals surface area contributed by atoms with Crippen LogP contribution in [0.15, 0.2) is 24.3 Å². The van der Waals surface area contributed by atoms with Crippen LogP contribution in [-0.2, 0) is 0 Å². The number of likely N-dealkylation sites (tertiary alicyclic amines) is 1. The minimum Gasteiger partial charge on any atom is -0.332 e. The SMILES string of the molecule is CC[NH+]1CCC[C@H]1CNC(=O)Nc1ccc(Cl)cc1. The maximum atomic E-state index is 11.8. The van der Waals surface area contributed by atoms with Crippen LogP contribution in [0.1, 0.15) is 19.8 Å². The van der Waals surface area contributed by atoms with Crippen LogP contribution in [-0.4, -0.2) is 31.7 Å². The average molecular weight is 283 g/mol. The molecule has 3 N–H and O–H groups in total. The number of halogens is 1. The second-order valence-electron chi connectivity index (χ2n) is 4.94. The van der Waals surface area contributed by atoms with Crippen molar-refractivity contribution in [3.05, 3.63) is 29.3 Å². The van der Waals surface area contributed by atoms with Gasteiger partial charge in [0, 0.05) is 23.6 Å². The number of carbonyl (C=O) groups excluding carboxylic acids is 1. The Bertz CT molecular complexity index is 421. The number of nitrogens with one attached hydrogen (secondary N) is 3. The van der Waals surface area contributed by atoms with Gasteiger partial charge in [0.05, 0.1) is 19.6 Å². The molecule has 0 saturated carbocycles. The zero-order chi connectivity index (χ0) is 13.7. The molecule has 0 radical (unpaired) electrons. The van der Waals surface area contributed by atoms with Crippen molar-refractivity contribution < 1.29 is 9.69 Å². The van der Waals surface area contributed by atoms with Gasteiger partial charge in [-0.15, -0.1) is 0 Å². The number of anilines is 1. The molecule has 1 saturated heterocycles. The summed E-state index contributed by atoms with van der Waals surface area (Å²) in [4.78, 5) is 13.4. The highest BCUT2D eigenvalue weighted by Crippen LogP contribution is 2.13. The summed E-state index contributed by atoms with van der Waals surface area (Å²) in [5.74, 6) is 0. The smallest absolute Gasteiger partial charge is 0.319 e. The van der Waals surface area contributed by atoms with Crippen molar-refractivity contribution in [3.8, 4) is 0 Å². The summed E-state index contributed by atoms with van der Waals surface area (Å²) in [5.41, 5.74) is 0.757. The van der Waals surface area contributed by atoms with Crippen LogP contribution in [0.3, 0.4) is 0 Å². The van der Waals surface area contributed by atoms with Crippen LogP contribution in [0, 0.1) is 0 Å². The second kappa shape index (κ2) is 6.78. The summed E-state index contributed by atoms with van der Waals surface area (Å²) < 4.78 is 0. The van der Waals surface area contributed by atoms with E-state index >= 15 is 0 Å². The van der Waals surface area contributed by atoms with E-state index in [-0.39, 0.29) is 6.03 Å². The van der Waals surface area contributed by atoms with Gasteiger partial charge in [0.1, 0.15) is 6.04 Å². The van der Waals surface area contributed by atoms with E-state index in [1.165, 1.54) is 19.4 Å². The Hall–Kier alpha value is -1.26. The molecule has 1 aliphatic rings. The fourth-order valence-electron chi connectivity index (χ4n) is 2.62. The van der Waals surface area contributed by atoms with E-state index in [1.54, 1.807) is 29.2 Å². The van der Waals surface area contributed by atoms with Crippen LogP contribution >= 0.6 is 11.6 Å². The zero-order valence-electron chi connectivity index (χ0n) is 11.2. The summed E-state index contributed by atoms with van der Waals surface area (Å²) in [7, 11) is 0. The number of amides is 2. The first-order chi connectivity index (χ1) is 9.19. The molecule has 4 nitrogen and oxygen atoms in total. The summed E-state index contributed by atoms with van der Waals surface area (Å²) >= 11 is 5.80. The summed E-state index contributed by atoms with van der Waals surface area (Å²) in [6.45, 7) is 5.29. The molecule has 2 rings (SSSR count). The largest absolute Gasteiger partial charge is 0.332 e. The normalized spacial score (nSPS) is 22.2. The van der Waals surface area contributed by atoms with Crippen molar-refractivity contribution in [1.29, 1.82) is 0 Å². The van der Waals surface area contributed by atoms with Gasteiger partial charge < -0.3 is 15.5 Å². The van der Waals surface area contributed by atoms with E-state index < -0.39 is 0 Å². The summed E-state index contributed by atoms with van der Waals surface area (Å²) in [6, 6.07) is 7.52. The molecule has 1 fully saturated rings.